The Morgan fingerprint density at radius 2 is 1.97 bits per heavy atom. The smallest absolute Gasteiger partial charge is 0.280 e. The highest BCUT2D eigenvalue weighted by Crippen LogP contribution is 2.26. The molecule has 3 heterocycles. The van der Waals surface area contributed by atoms with Crippen LogP contribution in [0.4, 0.5) is 0 Å². The van der Waals surface area contributed by atoms with Crippen molar-refractivity contribution in [1.29, 1.82) is 0 Å². The summed E-state index contributed by atoms with van der Waals surface area (Å²) in [5.74, 6) is -0.386. The van der Waals surface area contributed by atoms with Crippen LogP contribution in [0.1, 0.15) is 76.1 Å². The molecular weight excluding hydrogens is 370 g/mol. The monoisotopic (exact) mass is 401 g/mol. The second-order valence-electron chi connectivity index (χ2n) is 8.87. The summed E-state index contributed by atoms with van der Waals surface area (Å²) >= 11 is 0. The number of nitrogens with zero attached hydrogens (tertiary/aromatic N) is 4. The van der Waals surface area contributed by atoms with Crippen LogP contribution < -0.4 is 10.9 Å². The zero-order valence-electron chi connectivity index (χ0n) is 18.2. The van der Waals surface area contributed by atoms with E-state index in [2.05, 4.69) is 10.4 Å². The number of fused-ring (bicyclic) bond motifs is 2. The van der Waals surface area contributed by atoms with Crippen molar-refractivity contribution < 1.29 is 9.59 Å². The first-order chi connectivity index (χ1) is 13.6. The van der Waals surface area contributed by atoms with Crippen LogP contribution in [0.25, 0.3) is 5.65 Å². The topological polar surface area (TPSA) is 88.7 Å². The molecule has 8 nitrogen and oxygen atoms in total. The van der Waals surface area contributed by atoms with Gasteiger partial charge in [0.15, 0.2) is 0 Å². The third-order valence-electron chi connectivity index (χ3n) is 5.40. The van der Waals surface area contributed by atoms with E-state index in [0.717, 1.165) is 18.5 Å². The fraction of sp³-hybridized carbons (Fsp3) is 0.619. The van der Waals surface area contributed by atoms with Crippen LogP contribution in [0.3, 0.4) is 0 Å². The SMILES string of the molecule is CCCN1Cc2c(n(CC(=O)N[C@@H](C)CC)c3cc(C(C)(C)C)nn3c2=O)C1=O. The Morgan fingerprint density at radius 1 is 1.28 bits per heavy atom. The molecule has 2 amide bonds. The first-order valence-electron chi connectivity index (χ1n) is 10.3. The zero-order chi connectivity index (χ0) is 21.5. The molecule has 29 heavy (non-hydrogen) atoms. The first kappa shape index (κ1) is 21.1. The minimum atomic E-state index is -0.281. The Hall–Kier alpha value is -2.64. The summed E-state index contributed by atoms with van der Waals surface area (Å²) in [6, 6.07) is 1.85. The number of hydrogen-bond donors (Lipinski definition) is 1. The van der Waals surface area contributed by atoms with E-state index in [1.54, 1.807) is 9.47 Å². The molecule has 0 unspecified atom stereocenters. The van der Waals surface area contributed by atoms with Crippen LogP contribution >= 0.6 is 0 Å². The molecule has 2 aromatic heterocycles. The lowest BCUT2D eigenvalue weighted by Crippen LogP contribution is -2.37. The Labute approximate surface area is 170 Å². The van der Waals surface area contributed by atoms with Crippen LogP contribution in [0.5, 0.6) is 0 Å². The minimum Gasteiger partial charge on any atom is -0.352 e. The average Bonchev–Trinajstić information content (AvgIpc) is 3.22. The quantitative estimate of drug-likeness (QED) is 0.803. The lowest BCUT2D eigenvalue weighted by molar-refractivity contribution is -0.122. The van der Waals surface area contributed by atoms with Gasteiger partial charge < -0.3 is 14.8 Å². The number of hydrogen-bond acceptors (Lipinski definition) is 4. The molecule has 0 aliphatic carbocycles. The molecule has 0 bridgehead atoms. The van der Waals surface area contributed by atoms with Crippen molar-refractivity contribution in [2.75, 3.05) is 6.54 Å². The summed E-state index contributed by atoms with van der Waals surface area (Å²) < 4.78 is 3.01. The van der Waals surface area contributed by atoms with Gasteiger partial charge in [-0.1, -0.05) is 34.6 Å². The lowest BCUT2D eigenvalue weighted by atomic mass is 9.93. The number of carbonyl (C=O) groups excluding carboxylic acids is 2. The van der Waals surface area contributed by atoms with E-state index in [1.807, 2.05) is 47.6 Å². The van der Waals surface area contributed by atoms with Crippen molar-refractivity contribution in [3.05, 3.63) is 33.4 Å². The van der Waals surface area contributed by atoms with Gasteiger partial charge >= 0.3 is 0 Å². The number of amides is 2. The largest absolute Gasteiger partial charge is 0.352 e. The fourth-order valence-corrected chi connectivity index (χ4v) is 3.56. The standard InChI is InChI=1S/C21H31N5O3/c1-7-9-24-11-14-18(20(24)29)25(12-16(27)22-13(3)8-2)17-10-15(21(4,5)6)23-26(17)19(14)28/h10,13H,7-9,11-12H2,1-6H3,(H,22,27)/t13-/m0/s1. The van der Waals surface area contributed by atoms with Crippen molar-refractivity contribution in [3.8, 4) is 0 Å². The number of aromatic nitrogens is 3. The second kappa shape index (κ2) is 7.65. The summed E-state index contributed by atoms with van der Waals surface area (Å²) in [6.07, 6.45) is 1.61. The molecule has 2 aromatic rings. The van der Waals surface area contributed by atoms with Crippen molar-refractivity contribution in [2.24, 2.45) is 0 Å². The van der Waals surface area contributed by atoms with E-state index in [4.69, 9.17) is 0 Å². The van der Waals surface area contributed by atoms with E-state index < -0.39 is 0 Å². The molecule has 0 fully saturated rings. The number of carbonyl (C=O) groups is 2. The maximum Gasteiger partial charge on any atom is 0.280 e. The minimum absolute atomic E-state index is 0.0303. The molecule has 0 spiro atoms. The lowest BCUT2D eigenvalue weighted by Gasteiger charge is -2.17. The summed E-state index contributed by atoms with van der Waals surface area (Å²) in [5.41, 5.74) is 1.40. The summed E-state index contributed by atoms with van der Waals surface area (Å²) in [7, 11) is 0. The molecule has 158 valence electrons. The van der Waals surface area contributed by atoms with Crippen molar-refractivity contribution in [3.63, 3.8) is 0 Å². The van der Waals surface area contributed by atoms with E-state index in [0.29, 0.717) is 23.4 Å². The predicted molar refractivity (Wildman–Crippen MR) is 111 cm³/mol. The molecule has 8 heteroatoms. The van der Waals surface area contributed by atoms with Crippen LogP contribution in [-0.2, 0) is 23.3 Å². The maximum atomic E-state index is 13.1. The molecule has 1 aliphatic rings. The Kier molecular flexibility index (Phi) is 5.56. The van der Waals surface area contributed by atoms with Gasteiger partial charge in [0.2, 0.25) is 5.91 Å². The van der Waals surface area contributed by atoms with Crippen LogP contribution in [0, 0.1) is 0 Å². The third kappa shape index (κ3) is 3.80. The fourth-order valence-electron chi connectivity index (χ4n) is 3.56. The van der Waals surface area contributed by atoms with E-state index in [-0.39, 0.29) is 41.9 Å². The molecule has 3 rings (SSSR count). The Bertz CT molecular complexity index is 1010. The van der Waals surface area contributed by atoms with E-state index in [9.17, 15) is 14.4 Å². The summed E-state index contributed by atoms with van der Waals surface area (Å²) in [6.45, 7) is 12.8. The predicted octanol–water partition coefficient (Wildman–Crippen LogP) is 2.07. The zero-order valence-corrected chi connectivity index (χ0v) is 18.2. The van der Waals surface area contributed by atoms with E-state index in [1.165, 1.54) is 4.52 Å². The highest BCUT2D eigenvalue weighted by Gasteiger charge is 2.35. The molecule has 1 atom stereocenters. The summed E-state index contributed by atoms with van der Waals surface area (Å²) in [4.78, 5) is 40.5. The summed E-state index contributed by atoms with van der Waals surface area (Å²) in [5, 5.41) is 7.47. The molecule has 1 N–H and O–H groups in total. The van der Waals surface area contributed by atoms with Gasteiger partial charge in [0.05, 0.1) is 17.8 Å². The third-order valence-corrected chi connectivity index (χ3v) is 5.40. The van der Waals surface area contributed by atoms with Gasteiger partial charge in [-0.3, -0.25) is 14.4 Å². The normalized spacial score (nSPS) is 15.1. The van der Waals surface area contributed by atoms with Gasteiger partial charge in [0, 0.05) is 24.1 Å². The number of nitrogens with one attached hydrogen (secondary N) is 1. The van der Waals surface area contributed by atoms with Crippen molar-refractivity contribution >= 4 is 17.5 Å². The van der Waals surface area contributed by atoms with Gasteiger partial charge in [-0.15, -0.1) is 0 Å². The van der Waals surface area contributed by atoms with Gasteiger partial charge in [-0.25, -0.2) is 0 Å². The van der Waals surface area contributed by atoms with Gasteiger partial charge in [0.1, 0.15) is 17.9 Å². The average molecular weight is 402 g/mol. The first-order valence-corrected chi connectivity index (χ1v) is 10.3. The molecular formula is C21H31N5O3. The van der Waals surface area contributed by atoms with Crippen LogP contribution in [0.2, 0.25) is 0 Å². The second-order valence-corrected chi connectivity index (χ2v) is 8.87. The molecule has 0 aromatic carbocycles. The molecule has 0 saturated heterocycles. The number of rotatable bonds is 6. The van der Waals surface area contributed by atoms with Crippen LogP contribution in [0.15, 0.2) is 10.9 Å². The van der Waals surface area contributed by atoms with Gasteiger partial charge in [-0.05, 0) is 19.8 Å². The Morgan fingerprint density at radius 3 is 2.55 bits per heavy atom. The molecule has 0 radical (unpaired) electrons. The van der Waals surface area contributed by atoms with Gasteiger partial charge in [-0.2, -0.15) is 9.61 Å². The maximum absolute atomic E-state index is 13.1. The highest BCUT2D eigenvalue weighted by molar-refractivity contribution is 5.97. The van der Waals surface area contributed by atoms with Gasteiger partial charge in [0.25, 0.3) is 11.5 Å². The Balaban J connectivity index is 2.19. The van der Waals surface area contributed by atoms with E-state index >= 15 is 0 Å². The van der Waals surface area contributed by atoms with Crippen LogP contribution in [-0.4, -0.2) is 43.5 Å². The molecule has 1 aliphatic heterocycles. The van der Waals surface area contributed by atoms with Crippen molar-refractivity contribution in [1.82, 2.24) is 24.4 Å². The molecule has 0 saturated carbocycles. The highest BCUT2D eigenvalue weighted by atomic mass is 16.2. The van der Waals surface area contributed by atoms with Crippen molar-refractivity contribution in [2.45, 2.75) is 78.9 Å².